The second-order valence-corrected chi connectivity index (χ2v) is 5.68. The number of hydrogen-bond acceptors (Lipinski definition) is 2. The highest BCUT2D eigenvalue weighted by molar-refractivity contribution is 5.93. The predicted molar refractivity (Wildman–Crippen MR) is 84.0 cm³/mol. The van der Waals surface area contributed by atoms with Gasteiger partial charge in [-0.3, -0.25) is 4.79 Å². The molecule has 21 heavy (non-hydrogen) atoms. The van der Waals surface area contributed by atoms with E-state index in [0.717, 1.165) is 24.9 Å². The van der Waals surface area contributed by atoms with Crippen LogP contribution in [0.5, 0.6) is 0 Å². The molecule has 0 saturated carbocycles. The maximum absolute atomic E-state index is 11.2. The first-order valence-electron chi connectivity index (χ1n) is 7.35. The zero-order valence-electron chi connectivity index (χ0n) is 12.2. The van der Waals surface area contributed by atoms with Gasteiger partial charge in [-0.25, -0.2) is 0 Å². The van der Waals surface area contributed by atoms with E-state index in [1.807, 2.05) is 19.1 Å². The highest BCUT2D eigenvalue weighted by atomic mass is 16.1. The van der Waals surface area contributed by atoms with Gasteiger partial charge in [-0.05, 0) is 54.2 Å². The number of amides is 1. The van der Waals surface area contributed by atoms with E-state index in [2.05, 4.69) is 29.6 Å². The third-order valence-electron chi connectivity index (χ3n) is 4.30. The number of aryl methyl sites for hydroxylation is 2. The lowest BCUT2D eigenvalue weighted by Crippen LogP contribution is -2.19. The van der Waals surface area contributed by atoms with E-state index in [4.69, 9.17) is 5.73 Å². The minimum atomic E-state index is -0.373. The van der Waals surface area contributed by atoms with Crippen LogP contribution in [0.4, 0.5) is 0 Å². The Morgan fingerprint density at radius 2 is 2.10 bits per heavy atom. The molecular weight excluding hydrogens is 260 g/mol. The number of fused-ring (bicyclic) bond motifs is 1. The van der Waals surface area contributed by atoms with Crippen LogP contribution in [0.2, 0.25) is 0 Å². The topological polar surface area (TPSA) is 55.1 Å². The zero-order chi connectivity index (χ0) is 14.8. The minimum absolute atomic E-state index is 0.373. The molecule has 1 atom stereocenters. The summed E-state index contributed by atoms with van der Waals surface area (Å²) < 4.78 is 0. The van der Waals surface area contributed by atoms with E-state index in [-0.39, 0.29) is 5.91 Å². The molecule has 0 fully saturated rings. The first-order valence-corrected chi connectivity index (χ1v) is 7.35. The summed E-state index contributed by atoms with van der Waals surface area (Å²) in [4.78, 5) is 11.2. The maximum atomic E-state index is 11.2. The molecule has 1 amide bonds. The number of benzene rings is 2. The summed E-state index contributed by atoms with van der Waals surface area (Å²) >= 11 is 0. The molecule has 0 heterocycles. The van der Waals surface area contributed by atoms with Crippen molar-refractivity contribution in [1.29, 1.82) is 0 Å². The van der Waals surface area contributed by atoms with Crippen LogP contribution in [0, 0.1) is 6.92 Å². The summed E-state index contributed by atoms with van der Waals surface area (Å²) in [6.45, 7) is 2.83. The van der Waals surface area contributed by atoms with Crippen LogP contribution >= 0.6 is 0 Å². The van der Waals surface area contributed by atoms with Gasteiger partial charge in [-0.1, -0.05) is 30.3 Å². The molecule has 1 aliphatic rings. The molecule has 2 aromatic rings. The normalized spacial score (nSPS) is 16.7. The quantitative estimate of drug-likeness (QED) is 0.904. The van der Waals surface area contributed by atoms with Gasteiger partial charge < -0.3 is 11.1 Å². The van der Waals surface area contributed by atoms with Crippen molar-refractivity contribution in [3.05, 3.63) is 70.3 Å². The highest BCUT2D eigenvalue weighted by Crippen LogP contribution is 2.31. The van der Waals surface area contributed by atoms with Crippen molar-refractivity contribution >= 4 is 5.91 Å². The van der Waals surface area contributed by atoms with Crippen LogP contribution in [0.25, 0.3) is 0 Å². The van der Waals surface area contributed by atoms with Crippen molar-refractivity contribution in [3.63, 3.8) is 0 Å². The summed E-state index contributed by atoms with van der Waals surface area (Å²) in [7, 11) is 0. The van der Waals surface area contributed by atoms with E-state index in [1.54, 1.807) is 6.07 Å². The molecule has 0 radical (unpaired) electrons. The Bertz CT molecular complexity index is 679. The Morgan fingerprint density at radius 1 is 1.29 bits per heavy atom. The molecule has 0 saturated heterocycles. The average molecular weight is 280 g/mol. The fourth-order valence-corrected chi connectivity index (χ4v) is 3.05. The number of nitrogens with one attached hydrogen (secondary N) is 1. The summed E-state index contributed by atoms with van der Waals surface area (Å²) in [5, 5.41) is 3.63. The second-order valence-electron chi connectivity index (χ2n) is 5.68. The first kappa shape index (κ1) is 13.8. The standard InChI is InChI=1S/C18H20N2O/c1-12-10-14(18(19)21)6-7-15(12)11-20-17-9-8-13-4-2-3-5-16(13)17/h2-7,10,17,20H,8-9,11H2,1H3,(H2,19,21). The molecule has 0 aliphatic heterocycles. The van der Waals surface area contributed by atoms with Crippen LogP contribution in [0.3, 0.4) is 0 Å². The summed E-state index contributed by atoms with van der Waals surface area (Å²) in [5.74, 6) is -0.373. The number of carbonyl (C=O) groups is 1. The summed E-state index contributed by atoms with van der Waals surface area (Å²) in [5.41, 5.74) is 11.1. The van der Waals surface area contributed by atoms with E-state index in [1.165, 1.54) is 16.7 Å². The molecule has 3 rings (SSSR count). The van der Waals surface area contributed by atoms with Gasteiger partial charge in [0.1, 0.15) is 0 Å². The van der Waals surface area contributed by atoms with Gasteiger partial charge in [-0.15, -0.1) is 0 Å². The van der Waals surface area contributed by atoms with Crippen LogP contribution < -0.4 is 11.1 Å². The van der Waals surface area contributed by atoms with Crippen molar-refractivity contribution < 1.29 is 4.79 Å². The summed E-state index contributed by atoms with van der Waals surface area (Å²) in [6.07, 6.45) is 2.30. The Morgan fingerprint density at radius 3 is 2.86 bits per heavy atom. The molecule has 0 spiro atoms. The van der Waals surface area contributed by atoms with Crippen molar-refractivity contribution in [2.24, 2.45) is 5.73 Å². The Kier molecular flexibility index (Phi) is 3.76. The third-order valence-corrected chi connectivity index (χ3v) is 4.30. The van der Waals surface area contributed by atoms with Gasteiger partial charge in [0.2, 0.25) is 5.91 Å². The molecule has 108 valence electrons. The van der Waals surface area contributed by atoms with Gasteiger partial charge in [0.15, 0.2) is 0 Å². The van der Waals surface area contributed by atoms with Gasteiger partial charge in [0.25, 0.3) is 0 Å². The number of rotatable bonds is 4. The molecule has 3 N–H and O–H groups in total. The Balaban J connectivity index is 1.70. The third kappa shape index (κ3) is 2.83. The minimum Gasteiger partial charge on any atom is -0.366 e. The van der Waals surface area contributed by atoms with Gasteiger partial charge in [-0.2, -0.15) is 0 Å². The number of carbonyl (C=O) groups excluding carboxylic acids is 1. The molecule has 1 aliphatic carbocycles. The van der Waals surface area contributed by atoms with Crippen molar-refractivity contribution in [2.45, 2.75) is 32.4 Å². The van der Waals surface area contributed by atoms with Gasteiger partial charge >= 0.3 is 0 Å². The lowest BCUT2D eigenvalue weighted by atomic mass is 10.0. The first-order chi connectivity index (χ1) is 10.1. The molecule has 3 heteroatoms. The second kappa shape index (κ2) is 5.70. The molecule has 0 aromatic heterocycles. The Labute approximate surface area is 125 Å². The number of nitrogens with two attached hydrogens (primary N) is 1. The predicted octanol–water partition coefficient (Wildman–Crippen LogP) is 2.87. The molecular formula is C18H20N2O. The zero-order valence-corrected chi connectivity index (χ0v) is 12.2. The highest BCUT2D eigenvalue weighted by Gasteiger charge is 2.21. The smallest absolute Gasteiger partial charge is 0.248 e. The fourth-order valence-electron chi connectivity index (χ4n) is 3.05. The van der Waals surface area contributed by atoms with Crippen molar-refractivity contribution in [3.8, 4) is 0 Å². The molecule has 2 aromatic carbocycles. The van der Waals surface area contributed by atoms with E-state index in [0.29, 0.717) is 11.6 Å². The molecule has 1 unspecified atom stereocenters. The van der Waals surface area contributed by atoms with Crippen molar-refractivity contribution in [2.75, 3.05) is 0 Å². The van der Waals surface area contributed by atoms with Crippen LogP contribution in [-0.4, -0.2) is 5.91 Å². The largest absolute Gasteiger partial charge is 0.366 e. The lowest BCUT2D eigenvalue weighted by molar-refractivity contribution is 0.1000. The summed E-state index contributed by atoms with van der Waals surface area (Å²) in [6, 6.07) is 14.7. The Hall–Kier alpha value is -2.13. The SMILES string of the molecule is Cc1cc(C(N)=O)ccc1CNC1CCc2ccccc21. The number of hydrogen-bond donors (Lipinski definition) is 2. The fraction of sp³-hybridized carbons (Fsp3) is 0.278. The van der Waals surface area contributed by atoms with Gasteiger partial charge in [0, 0.05) is 18.2 Å². The van der Waals surface area contributed by atoms with E-state index >= 15 is 0 Å². The molecule has 3 nitrogen and oxygen atoms in total. The van der Waals surface area contributed by atoms with Crippen LogP contribution in [0.1, 0.15) is 45.1 Å². The monoisotopic (exact) mass is 280 g/mol. The van der Waals surface area contributed by atoms with E-state index in [9.17, 15) is 4.79 Å². The van der Waals surface area contributed by atoms with Crippen LogP contribution in [-0.2, 0) is 13.0 Å². The lowest BCUT2D eigenvalue weighted by Gasteiger charge is -2.15. The average Bonchev–Trinajstić information content (AvgIpc) is 2.89. The van der Waals surface area contributed by atoms with E-state index < -0.39 is 0 Å². The van der Waals surface area contributed by atoms with Gasteiger partial charge in [0.05, 0.1) is 0 Å². The number of primary amides is 1. The molecule has 0 bridgehead atoms. The van der Waals surface area contributed by atoms with Crippen LogP contribution in [0.15, 0.2) is 42.5 Å². The maximum Gasteiger partial charge on any atom is 0.248 e. The van der Waals surface area contributed by atoms with Crippen molar-refractivity contribution in [1.82, 2.24) is 5.32 Å².